The molecule has 0 saturated carbocycles. The average molecular weight is 218 g/mol. The molecule has 0 saturated heterocycles. The Hall–Kier alpha value is -1.64. The van der Waals surface area contributed by atoms with Crippen molar-refractivity contribution in [2.45, 2.75) is 33.7 Å². The van der Waals surface area contributed by atoms with Crippen LogP contribution in [0.1, 0.15) is 35.9 Å². The van der Waals surface area contributed by atoms with Gasteiger partial charge in [0.1, 0.15) is 11.5 Å². The van der Waals surface area contributed by atoms with Crippen LogP contribution >= 0.6 is 0 Å². The average Bonchev–Trinajstić information content (AvgIpc) is 2.79. The fraction of sp³-hybridized carbons (Fsp3) is 0.385. The summed E-state index contributed by atoms with van der Waals surface area (Å²) in [6, 6.07) is 8.37. The Bertz CT molecular complexity index is 462. The molecule has 0 aromatic carbocycles. The second kappa shape index (κ2) is 4.08. The van der Waals surface area contributed by atoms with E-state index < -0.39 is 0 Å². The summed E-state index contributed by atoms with van der Waals surface area (Å²) in [6.07, 6.45) is 0. The fourth-order valence-corrected chi connectivity index (χ4v) is 1.82. The van der Waals surface area contributed by atoms with Gasteiger partial charge in [0.15, 0.2) is 0 Å². The zero-order valence-electron chi connectivity index (χ0n) is 10.2. The topological polar surface area (TPSA) is 30.1 Å². The van der Waals surface area contributed by atoms with Gasteiger partial charge in [0.05, 0.1) is 6.04 Å². The molecule has 3 heteroatoms. The number of hydrogen-bond acceptors (Lipinski definition) is 2. The SMILES string of the molecule is Cc1ccc(C(C)Nn2c(C)ccc2C)o1. The summed E-state index contributed by atoms with van der Waals surface area (Å²) in [5.41, 5.74) is 5.81. The molecular formula is C13H18N2O. The molecule has 3 nitrogen and oxygen atoms in total. The minimum absolute atomic E-state index is 0.165. The lowest BCUT2D eigenvalue weighted by molar-refractivity contribution is 0.454. The molecule has 1 unspecified atom stereocenters. The van der Waals surface area contributed by atoms with E-state index in [2.05, 4.69) is 43.0 Å². The number of nitrogens with one attached hydrogen (secondary N) is 1. The molecular weight excluding hydrogens is 200 g/mol. The molecule has 2 rings (SSSR count). The number of aryl methyl sites for hydroxylation is 3. The van der Waals surface area contributed by atoms with E-state index in [-0.39, 0.29) is 6.04 Å². The van der Waals surface area contributed by atoms with E-state index in [1.807, 2.05) is 19.1 Å². The van der Waals surface area contributed by atoms with E-state index in [9.17, 15) is 0 Å². The van der Waals surface area contributed by atoms with Gasteiger partial charge in [-0.1, -0.05) is 0 Å². The lowest BCUT2D eigenvalue weighted by Crippen LogP contribution is -2.20. The van der Waals surface area contributed by atoms with Gasteiger partial charge in [-0.3, -0.25) is 4.68 Å². The van der Waals surface area contributed by atoms with Gasteiger partial charge in [-0.2, -0.15) is 0 Å². The molecule has 0 aliphatic heterocycles. The predicted molar refractivity (Wildman–Crippen MR) is 65.1 cm³/mol. The molecule has 1 atom stereocenters. The minimum atomic E-state index is 0.165. The fourth-order valence-electron chi connectivity index (χ4n) is 1.82. The molecule has 0 radical (unpaired) electrons. The maximum absolute atomic E-state index is 5.60. The molecule has 2 heterocycles. The van der Waals surface area contributed by atoms with E-state index in [1.54, 1.807) is 0 Å². The van der Waals surface area contributed by atoms with Gasteiger partial charge >= 0.3 is 0 Å². The van der Waals surface area contributed by atoms with Crippen molar-refractivity contribution < 1.29 is 4.42 Å². The monoisotopic (exact) mass is 218 g/mol. The molecule has 1 N–H and O–H groups in total. The van der Waals surface area contributed by atoms with E-state index in [0.29, 0.717) is 0 Å². The Morgan fingerprint density at radius 3 is 2.19 bits per heavy atom. The number of aromatic nitrogens is 1. The highest BCUT2D eigenvalue weighted by molar-refractivity contribution is 5.18. The molecule has 2 aromatic heterocycles. The van der Waals surface area contributed by atoms with Gasteiger partial charge in [-0.05, 0) is 52.0 Å². The highest BCUT2D eigenvalue weighted by Crippen LogP contribution is 2.18. The van der Waals surface area contributed by atoms with Gasteiger partial charge in [0, 0.05) is 11.4 Å². The van der Waals surface area contributed by atoms with Crippen molar-refractivity contribution in [3.63, 3.8) is 0 Å². The largest absolute Gasteiger partial charge is 0.464 e. The van der Waals surface area contributed by atoms with Gasteiger partial charge in [-0.15, -0.1) is 0 Å². The molecule has 0 bridgehead atoms. The summed E-state index contributed by atoms with van der Waals surface area (Å²) < 4.78 is 7.68. The van der Waals surface area contributed by atoms with Gasteiger partial charge < -0.3 is 9.84 Å². The highest BCUT2D eigenvalue weighted by atomic mass is 16.3. The smallest absolute Gasteiger partial charge is 0.127 e. The summed E-state index contributed by atoms with van der Waals surface area (Å²) in [5.74, 6) is 1.91. The van der Waals surface area contributed by atoms with E-state index in [1.165, 1.54) is 11.4 Å². The molecule has 0 fully saturated rings. The lowest BCUT2D eigenvalue weighted by Gasteiger charge is -2.17. The first-order valence-electron chi connectivity index (χ1n) is 5.56. The first-order valence-corrected chi connectivity index (χ1v) is 5.56. The van der Waals surface area contributed by atoms with Gasteiger partial charge in [0.2, 0.25) is 0 Å². The van der Waals surface area contributed by atoms with E-state index in [0.717, 1.165) is 11.5 Å². The molecule has 86 valence electrons. The standard InChI is InChI=1S/C13H18N2O/c1-9-5-6-10(2)15(9)14-12(4)13-8-7-11(3)16-13/h5-8,12,14H,1-4H3. The van der Waals surface area contributed by atoms with Crippen LogP contribution in [0.5, 0.6) is 0 Å². The predicted octanol–water partition coefficient (Wildman–Crippen LogP) is 3.31. The van der Waals surface area contributed by atoms with Crippen LogP contribution in [0.4, 0.5) is 0 Å². The van der Waals surface area contributed by atoms with Crippen LogP contribution in [0, 0.1) is 20.8 Å². The summed E-state index contributed by atoms with van der Waals surface area (Å²) in [6.45, 7) is 8.22. The summed E-state index contributed by atoms with van der Waals surface area (Å²) in [5, 5.41) is 0. The third-order valence-corrected chi connectivity index (χ3v) is 2.78. The van der Waals surface area contributed by atoms with Crippen molar-refractivity contribution in [3.05, 3.63) is 47.2 Å². The molecule has 0 aliphatic carbocycles. The first-order chi connectivity index (χ1) is 7.58. The second-order valence-electron chi connectivity index (χ2n) is 4.25. The first kappa shape index (κ1) is 10.9. The Morgan fingerprint density at radius 2 is 1.69 bits per heavy atom. The van der Waals surface area contributed by atoms with Crippen LogP contribution in [0.3, 0.4) is 0 Å². The molecule has 0 amide bonds. The third-order valence-electron chi connectivity index (χ3n) is 2.78. The second-order valence-corrected chi connectivity index (χ2v) is 4.25. The third kappa shape index (κ3) is 1.98. The van der Waals surface area contributed by atoms with Crippen LogP contribution in [-0.2, 0) is 0 Å². The summed E-state index contributed by atoms with van der Waals surface area (Å²) in [4.78, 5) is 0. The van der Waals surface area contributed by atoms with Crippen LogP contribution in [0.2, 0.25) is 0 Å². The van der Waals surface area contributed by atoms with Crippen molar-refractivity contribution in [3.8, 4) is 0 Å². The Kier molecular flexibility index (Phi) is 2.77. The number of nitrogens with zero attached hydrogens (tertiary/aromatic N) is 1. The van der Waals surface area contributed by atoms with Crippen LogP contribution in [-0.4, -0.2) is 4.68 Å². The van der Waals surface area contributed by atoms with Crippen LogP contribution in [0.25, 0.3) is 0 Å². The summed E-state index contributed by atoms with van der Waals surface area (Å²) >= 11 is 0. The lowest BCUT2D eigenvalue weighted by atomic mass is 10.3. The van der Waals surface area contributed by atoms with Gasteiger partial charge in [0.25, 0.3) is 0 Å². The molecule has 0 spiro atoms. The summed E-state index contributed by atoms with van der Waals surface area (Å²) in [7, 11) is 0. The van der Waals surface area contributed by atoms with Crippen LogP contribution in [0.15, 0.2) is 28.7 Å². The normalized spacial score (nSPS) is 12.8. The Balaban J connectivity index is 2.16. The Labute approximate surface area is 96.0 Å². The Morgan fingerprint density at radius 1 is 1.06 bits per heavy atom. The highest BCUT2D eigenvalue weighted by Gasteiger charge is 2.10. The molecule has 16 heavy (non-hydrogen) atoms. The van der Waals surface area contributed by atoms with Crippen molar-refractivity contribution in [2.75, 3.05) is 5.43 Å². The molecule has 0 aliphatic rings. The van der Waals surface area contributed by atoms with Crippen molar-refractivity contribution in [1.29, 1.82) is 0 Å². The number of rotatable bonds is 3. The minimum Gasteiger partial charge on any atom is -0.464 e. The number of hydrogen-bond donors (Lipinski definition) is 1. The van der Waals surface area contributed by atoms with Crippen LogP contribution < -0.4 is 5.43 Å². The quantitative estimate of drug-likeness (QED) is 0.856. The maximum atomic E-state index is 5.60. The van der Waals surface area contributed by atoms with E-state index >= 15 is 0 Å². The van der Waals surface area contributed by atoms with Gasteiger partial charge in [-0.25, -0.2) is 0 Å². The van der Waals surface area contributed by atoms with Crippen molar-refractivity contribution >= 4 is 0 Å². The maximum Gasteiger partial charge on any atom is 0.127 e. The molecule has 2 aromatic rings. The van der Waals surface area contributed by atoms with Crippen molar-refractivity contribution in [2.24, 2.45) is 0 Å². The van der Waals surface area contributed by atoms with E-state index in [4.69, 9.17) is 4.42 Å². The zero-order chi connectivity index (χ0) is 11.7. The zero-order valence-corrected chi connectivity index (χ0v) is 10.2. The van der Waals surface area contributed by atoms with Crippen molar-refractivity contribution in [1.82, 2.24) is 4.68 Å². The number of furan rings is 1.